The number of allylic oxidation sites excluding steroid dienone is 24. The fraction of sp³-hybridized carbons (Fsp3) is 0.491. The average Bonchev–Trinajstić information content (AvgIpc) is 3.23. The zero-order valence-corrected chi connectivity index (χ0v) is 36.9. The summed E-state index contributed by atoms with van der Waals surface area (Å²) in [6.45, 7) is 6.08. The molecule has 0 amide bonds. The molecule has 0 radical (unpaired) electrons. The number of unbranched alkanes of at least 4 members (excludes halogenated alkanes) is 9. The Kier molecular flexibility index (Phi) is 42.3. The molecule has 0 aliphatic rings. The van der Waals surface area contributed by atoms with E-state index in [0.29, 0.717) is 12.8 Å². The molecule has 0 aromatic rings. The first-order valence-corrected chi connectivity index (χ1v) is 22.5. The van der Waals surface area contributed by atoms with Gasteiger partial charge in [0.25, 0.3) is 0 Å². The number of carbonyl (C=O) groups excluding carboxylic acids is 3. The lowest BCUT2D eigenvalue weighted by atomic mass is 10.1. The van der Waals surface area contributed by atoms with Gasteiger partial charge in [0, 0.05) is 19.3 Å². The van der Waals surface area contributed by atoms with E-state index in [9.17, 15) is 14.4 Å². The molecule has 6 nitrogen and oxygen atoms in total. The van der Waals surface area contributed by atoms with Gasteiger partial charge >= 0.3 is 17.9 Å². The summed E-state index contributed by atoms with van der Waals surface area (Å²) in [6.07, 6.45) is 65.5. The van der Waals surface area contributed by atoms with Crippen molar-refractivity contribution in [3.05, 3.63) is 146 Å². The lowest BCUT2D eigenvalue weighted by Crippen LogP contribution is -2.30. The van der Waals surface area contributed by atoms with Gasteiger partial charge in [0.05, 0.1) is 0 Å². The van der Waals surface area contributed by atoms with Crippen LogP contribution in [0.1, 0.15) is 149 Å². The van der Waals surface area contributed by atoms with Crippen LogP contribution in [0, 0.1) is 0 Å². The molecule has 0 saturated carbocycles. The number of hydrogen-bond acceptors (Lipinski definition) is 6. The van der Waals surface area contributed by atoms with Crippen LogP contribution in [0.2, 0.25) is 0 Å². The van der Waals surface area contributed by atoms with Gasteiger partial charge in [-0.15, -0.1) is 0 Å². The van der Waals surface area contributed by atoms with Crippen molar-refractivity contribution >= 4 is 17.9 Å². The summed E-state index contributed by atoms with van der Waals surface area (Å²) in [7, 11) is 0. The second-order valence-corrected chi connectivity index (χ2v) is 14.0. The van der Waals surface area contributed by atoms with Crippen molar-refractivity contribution in [2.24, 2.45) is 0 Å². The maximum atomic E-state index is 12.7. The monoisotopic (exact) mass is 811 g/mol. The molecule has 0 heterocycles. The lowest BCUT2D eigenvalue weighted by molar-refractivity contribution is -0.167. The molecule has 0 rings (SSSR count). The van der Waals surface area contributed by atoms with Gasteiger partial charge in [-0.25, -0.2) is 0 Å². The SMILES string of the molecule is CC\C=C/C=C\C=C/C=C\C=C/CCCCCC(=O)OCC(COC(=O)CCC/C=C\C/C=C\C/C=C\CC)OC(=O)CCCCCCC\C=C/C=C\C=C/C=C\CC. The largest absolute Gasteiger partial charge is 0.462 e. The molecule has 1 unspecified atom stereocenters. The molecule has 0 saturated heterocycles. The quantitative estimate of drug-likeness (QED) is 0.0204. The highest BCUT2D eigenvalue weighted by Gasteiger charge is 2.19. The van der Waals surface area contributed by atoms with Crippen molar-refractivity contribution in [2.75, 3.05) is 13.2 Å². The van der Waals surface area contributed by atoms with Gasteiger partial charge < -0.3 is 14.2 Å². The van der Waals surface area contributed by atoms with E-state index in [0.717, 1.165) is 96.3 Å². The second-order valence-electron chi connectivity index (χ2n) is 14.0. The number of carbonyl (C=O) groups is 3. The van der Waals surface area contributed by atoms with Gasteiger partial charge in [0.15, 0.2) is 6.10 Å². The Hall–Kier alpha value is -4.71. The van der Waals surface area contributed by atoms with E-state index in [1.54, 1.807) is 0 Å². The van der Waals surface area contributed by atoms with Crippen LogP contribution in [-0.4, -0.2) is 37.2 Å². The topological polar surface area (TPSA) is 78.9 Å². The highest BCUT2D eigenvalue weighted by molar-refractivity contribution is 5.71. The van der Waals surface area contributed by atoms with Crippen LogP contribution in [0.3, 0.4) is 0 Å². The molecule has 326 valence electrons. The summed E-state index contributed by atoms with van der Waals surface area (Å²) in [5, 5.41) is 0. The van der Waals surface area contributed by atoms with E-state index in [1.807, 2.05) is 79.0 Å². The summed E-state index contributed by atoms with van der Waals surface area (Å²) in [6, 6.07) is 0. The standard InChI is InChI=1S/C53H78O6/c1-4-7-10-13-16-19-22-24-26-28-31-34-37-40-43-46-52(55)58-49-50(48-57-51(54)45-42-39-36-33-30-21-18-15-12-9-6-3)59-53(56)47-44-41-38-35-32-29-27-25-23-20-17-14-11-8-5-2/h7-14,16-28,31,33,36,50H,4-6,15,29-30,32,34-35,37-49H2,1-3H3/b10-7-,11-8-,12-9-,16-13-,17-14-,21-18-,22-19-,23-20-,26-24-,27-25-,31-28-,36-33-. The number of rotatable bonds is 37. The summed E-state index contributed by atoms with van der Waals surface area (Å²) >= 11 is 0. The normalized spacial score (nSPS) is 13.5. The van der Waals surface area contributed by atoms with Crippen LogP contribution < -0.4 is 0 Å². The van der Waals surface area contributed by atoms with Crippen molar-refractivity contribution < 1.29 is 28.6 Å². The molecule has 0 bridgehead atoms. The fourth-order valence-corrected chi connectivity index (χ4v) is 5.26. The molecule has 59 heavy (non-hydrogen) atoms. The highest BCUT2D eigenvalue weighted by Crippen LogP contribution is 2.11. The third-order valence-electron chi connectivity index (χ3n) is 8.54. The van der Waals surface area contributed by atoms with Gasteiger partial charge in [0.2, 0.25) is 0 Å². The van der Waals surface area contributed by atoms with Crippen molar-refractivity contribution in [3.63, 3.8) is 0 Å². The Balaban J connectivity index is 4.61. The minimum absolute atomic E-state index is 0.133. The van der Waals surface area contributed by atoms with Crippen LogP contribution in [0.5, 0.6) is 0 Å². The molecule has 0 aromatic heterocycles. The molecule has 0 aliphatic carbocycles. The smallest absolute Gasteiger partial charge is 0.306 e. The van der Waals surface area contributed by atoms with E-state index >= 15 is 0 Å². The molecule has 0 fully saturated rings. The minimum Gasteiger partial charge on any atom is -0.462 e. The molecule has 6 heteroatoms. The average molecular weight is 811 g/mol. The first-order valence-electron chi connectivity index (χ1n) is 22.5. The lowest BCUT2D eigenvalue weighted by Gasteiger charge is -2.18. The molecular formula is C53H78O6. The van der Waals surface area contributed by atoms with Crippen molar-refractivity contribution in [3.8, 4) is 0 Å². The Labute approximate surface area is 359 Å². The van der Waals surface area contributed by atoms with E-state index in [-0.39, 0.29) is 50.4 Å². The van der Waals surface area contributed by atoms with Crippen LogP contribution in [-0.2, 0) is 28.6 Å². The van der Waals surface area contributed by atoms with Crippen molar-refractivity contribution in [2.45, 2.75) is 155 Å². The van der Waals surface area contributed by atoms with Gasteiger partial charge in [-0.2, -0.15) is 0 Å². The third kappa shape index (κ3) is 44.2. The van der Waals surface area contributed by atoms with Gasteiger partial charge in [-0.1, -0.05) is 192 Å². The number of ether oxygens (including phenoxy) is 3. The maximum Gasteiger partial charge on any atom is 0.306 e. The zero-order valence-electron chi connectivity index (χ0n) is 36.9. The van der Waals surface area contributed by atoms with Gasteiger partial charge in [-0.3, -0.25) is 14.4 Å². The Morgan fingerprint density at radius 3 is 1.22 bits per heavy atom. The predicted octanol–water partition coefficient (Wildman–Crippen LogP) is 14.5. The fourth-order valence-electron chi connectivity index (χ4n) is 5.26. The van der Waals surface area contributed by atoms with Gasteiger partial charge in [-0.05, 0) is 83.5 Å². The number of hydrogen-bond donors (Lipinski definition) is 0. The molecule has 0 N–H and O–H groups in total. The van der Waals surface area contributed by atoms with E-state index in [1.165, 1.54) is 0 Å². The van der Waals surface area contributed by atoms with Crippen LogP contribution in [0.25, 0.3) is 0 Å². The Morgan fingerprint density at radius 2 is 0.712 bits per heavy atom. The first-order chi connectivity index (χ1) is 29.0. The van der Waals surface area contributed by atoms with E-state index in [4.69, 9.17) is 14.2 Å². The summed E-state index contributed by atoms with van der Waals surface area (Å²) in [5.74, 6) is -1.07. The van der Waals surface area contributed by atoms with Crippen molar-refractivity contribution in [1.29, 1.82) is 0 Å². The molecule has 0 spiro atoms. The summed E-state index contributed by atoms with van der Waals surface area (Å²) in [4.78, 5) is 37.7. The second kappa shape index (κ2) is 46.0. The van der Waals surface area contributed by atoms with E-state index < -0.39 is 6.10 Å². The summed E-state index contributed by atoms with van der Waals surface area (Å²) < 4.78 is 16.6. The molecule has 1 atom stereocenters. The van der Waals surface area contributed by atoms with Crippen LogP contribution in [0.15, 0.2) is 146 Å². The predicted molar refractivity (Wildman–Crippen MR) is 251 cm³/mol. The van der Waals surface area contributed by atoms with Crippen LogP contribution >= 0.6 is 0 Å². The van der Waals surface area contributed by atoms with Gasteiger partial charge in [0.1, 0.15) is 13.2 Å². The molecular weight excluding hydrogens is 733 g/mol. The highest BCUT2D eigenvalue weighted by atomic mass is 16.6. The minimum atomic E-state index is -0.833. The van der Waals surface area contributed by atoms with E-state index in [2.05, 4.69) is 87.6 Å². The third-order valence-corrected chi connectivity index (χ3v) is 8.54. The Morgan fingerprint density at radius 1 is 0.356 bits per heavy atom. The van der Waals surface area contributed by atoms with Crippen molar-refractivity contribution in [1.82, 2.24) is 0 Å². The summed E-state index contributed by atoms with van der Waals surface area (Å²) in [5.41, 5.74) is 0. The maximum absolute atomic E-state index is 12.7. The Bertz CT molecular complexity index is 1390. The zero-order chi connectivity index (χ0) is 43.0. The van der Waals surface area contributed by atoms with Crippen LogP contribution in [0.4, 0.5) is 0 Å². The molecule has 0 aromatic carbocycles. The molecule has 0 aliphatic heterocycles. The number of esters is 3. The first kappa shape index (κ1) is 54.3.